The maximum Gasteiger partial charge on any atom is 0.134 e. The molecular weight excluding hydrogens is 222 g/mol. The van der Waals surface area contributed by atoms with E-state index in [1.165, 1.54) is 12.0 Å². The first-order valence-corrected chi connectivity index (χ1v) is 6.10. The molecule has 0 saturated heterocycles. The summed E-state index contributed by atoms with van der Waals surface area (Å²) in [5.74, 6) is 0. The fourth-order valence-electron chi connectivity index (χ4n) is 2.28. The normalized spacial score (nSPS) is 24.0. The summed E-state index contributed by atoms with van der Waals surface area (Å²) in [5, 5.41) is 5.02. The number of hydrogen-bond acceptors (Lipinski definition) is 2. The number of aromatic nitrogens is 2. The monoisotopic (exact) mass is 239 g/mol. The van der Waals surface area contributed by atoms with Crippen molar-refractivity contribution in [2.45, 2.75) is 38.6 Å². The Morgan fingerprint density at radius 2 is 2.31 bits per heavy atom. The summed E-state index contributed by atoms with van der Waals surface area (Å²) in [6, 6.07) is 0.316. The molecule has 4 heteroatoms. The standard InChI is InChI=1S/C12H18ClN3/c1-8-11(12(13)16(2)15-8)7-9-4-3-5-10(14)6-9/h7,10H,3-6,14H2,1-2H3/b9-7-. The van der Waals surface area contributed by atoms with E-state index in [0.717, 1.165) is 30.5 Å². The van der Waals surface area contributed by atoms with Crippen LogP contribution in [0.2, 0.25) is 5.15 Å². The largest absolute Gasteiger partial charge is 0.327 e. The Labute approximate surface area is 101 Å². The van der Waals surface area contributed by atoms with Crippen LogP contribution in [0.15, 0.2) is 5.57 Å². The molecule has 2 rings (SSSR count). The molecule has 2 N–H and O–H groups in total. The number of aryl methyl sites for hydroxylation is 2. The molecule has 1 atom stereocenters. The molecule has 1 aromatic heterocycles. The molecule has 3 nitrogen and oxygen atoms in total. The molecule has 1 heterocycles. The van der Waals surface area contributed by atoms with Crippen LogP contribution in [0.25, 0.3) is 6.08 Å². The van der Waals surface area contributed by atoms with Crippen molar-refractivity contribution in [2.24, 2.45) is 12.8 Å². The minimum atomic E-state index is 0.316. The fraction of sp³-hybridized carbons (Fsp3) is 0.583. The van der Waals surface area contributed by atoms with Crippen molar-refractivity contribution < 1.29 is 0 Å². The molecule has 0 aliphatic heterocycles. The Hall–Kier alpha value is -0.800. The van der Waals surface area contributed by atoms with E-state index in [2.05, 4.69) is 11.2 Å². The van der Waals surface area contributed by atoms with Crippen LogP contribution in [0, 0.1) is 6.92 Å². The first kappa shape index (κ1) is 11.7. The molecule has 0 aromatic carbocycles. The van der Waals surface area contributed by atoms with Crippen LogP contribution in [0.1, 0.15) is 36.9 Å². The average Bonchev–Trinajstić information content (AvgIpc) is 2.45. The summed E-state index contributed by atoms with van der Waals surface area (Å²) in [6.07, 6.45) is 6.62. The van der Waals surface area contributed by atoms with Gasteiger partial charge in [0.15, 0.2) is 0 Å². The van der Waals surface area contributed by atoms with Gasteiger partial charge in [0.25, 0.3) is 0 Å². The molecule has 88 valence electrons. The van der Waals surface area contributed by atoms with Gasteiger partial charge in [-0.15, -0.1) is 0 Å². The smallest absolute Gasteiger partial charge is 0.134 e. The van der Waals surface area contributed by atoms with E-state index in [1.54, 1.807) is 4.68 Å². The Bertz CT molecular complexity index is 420. The number of nitrogens with zero attached hydrogens (tertiary/aromatic N) is 2. The number of halogens is 1. The van der Waals surface area contributed by atoms with Crippen molar-refractivity contribution >= 4 is 17.7 Å². The topological polar surface area (TPSA) is 43.8 Å². The van der Waals surface area contributed by atoms with Gasteiger partial charge in [0, 0.05) is 18.7 Å². The number of nitrogens with two attached hydrogens (primary N) is 1. The minimum Gasteiger partial charge on any atom is -0.327 e. The third-order valence-corrected chi connectivity index (χ3v) is 3.59. The lowest BCUT2D eigenvalue weighted by molar-refractivity contribution is 0.520. The molecule has 1 unspecified atom stereocenters. The lowest BCUT2D eigenvalue weighted by atomic mass is 9.90. The van der Waals surface area contributed by atoms with Crippen LogP contribution in [-0.2, 0) is 7.05 Å². The van der Waals surface area contributed by atoms with Crippen molar-refractivity contribution in [1.29, 1.82) is 0 Å². The summed E-state index contributed by atoms with van der Waals surface area (Å²) >= 11 is 6.19. The van der Waals surface area contributed by atoms with Gasteiger partial charge in [-0.25, -0.2) is 0 Å². The molecule has 0 radical (unpaired) electrons. The van der Waals surface area contributed by atoms with Gasteiger partial charge < -0.3 is 5.73 Å². The first-order valence-electron chi connectivity index (χ1n) is 5.72. The second-order valence-electron chi connectivity index (χ2n) is 4.57. The Kier molecular flexibility index (Phi) is 3.36. The van der Waals surface area contributed by atoms with Crippen molar-refractivity contribution in [3.05, 3.63) is 22.0 Å². The molecule has 1 aliphatic carbocycles. The number of rotatable bonds is 1. The highest BCUT2D eigenvalue weighted by Crippen LogP contribution is 2.28. The van der Waals surface area contributed by atoms with Gasteiger partial charge in [0.1, 0.15) is 5.15 Å². The average molecular weight is 240 g/mol. The zero-order valence-corrected chi connectivity index (χ0v) is 10.6. The highest BCUT2D eigenvalue weighted by atomic mass is 35.5. The van der Waals surface area contributed by atoms with Crippen LogP contribution in [-0.4, -0.2) is 15.8 Å². The number of hydrogen-bond donors (Lipinski definition) is 1. The second-order valence-corrected chi connectivity index (χ2v) is 4.93. The summed E-state index contributed by atoms with van der Waals surface area (Å²) in [6.45, 7) is 1.99. The summed E-state index contributed by atoms with van der Waals surface area (Å²) in [7, 11) is 1.87. The van der Waals surface area contributed by atoms with Crippen LogP contribution in [0.5, 0.6) is 0 Å². The predicted octanol–water partition coefficient (Wildman–Crippen LogP) is 2.67. The Morgan fingerprint density at radius 1 is 1.56 bits per heavy atom. The van der Waals surface area contributed by atoms with Gasteiger partial charge >= 0.3 is 0 Å². The van der Waals surface area contributed by atoms with Crippen LogP contribution in [0.3, 0.4) is 0 Å². The lowest BCUT2D eigenvalue weighted by Gasteiger charge is -2.20. The van der Waals surface area contributed by atoms with Crippen molar-refractivity contribution in [2.75, 3.05) is 0 Å². The maximum absolute atomic E-state index is 6.19. The fourth-order valence-corrected chi connectivity index (χ4v) is 2.51. The van der Waals surface area contributed by atoms with Crippen LogP contribution in [0.4, 0.5) is 0 Å². The Morgan fingerprint density at radius 3 is 2.88 bits per heavy atom. The van der Waals surface area contributed by atoms with Crippen molar-refractivity contribution in [1.82, 2.24) is 9.78 Å². The van der Waals surface area contributed by atoms with E-state index in [4.69, 9.17) is 17.3 Å². The minimum absolute atomic E-state index is 0.316. The SMILES string of the molecule is Cc1nn(C)c(Cl)c1/C=C1/CCCC(N)C1. The third-order valence-electron chi connectivity index (χ3n) is 3.14. The zero-order valence-electron chi connectivity index (χ0n) is 9.83. The molecule has 0 bridgehead atoms. The van der Waals surface area contributed by atoms with E-state index < -0.39 is 0 Å². The van der Waals surface area contributed by atoms with Crippen molar-refractivity contribution in [3.63, 3.8) is 0 Å². The zero-order chi connectivity index (χ0) is 11.7. The quantitative estimate of drug-likeness (QED) is 0.819. The van der Waals surface area contributed by atoms with E-state index in [-0.39, 0.29) is 0 Å². The molecule has 1 aliphatic rings. The summed E-state index contributed by atoms with van der Waals surface area (Å²) in [5.41, 5.74) is 9.40. The van der Waals surface area contributed by atoms with E-state index >= 15 is 0 Å². The summed E-state index contributed by atoms with van der Waals surface area (Å²) < 4.78 is 1.71. The first-order chi connectivity index (χ1) is 7.58. The summed E-state index contributed by atoms with van der Waals surface area (Å²) in [4.78, 5) is 0. The van der Waals surface area contributed by atoms with E-state index in [0.29, 0.717) is 11.2 Å². The van der Waals surface area contributed by atoms with Gasteiger partial charge in [-0.3, -0.25) is 4.68 Å². The molecule has 0 spiro atoms. The molecular formula is C12H18ClN3. The van der Waals surface area contributed by atoms with Crippen molar-refractivity contribution in [3.8, 4) is 0 Å². The second kappa shape index (κ2) is 4.60. The molecule has 0 amide bonds. The van der Waals surface area contributed by atoms with Crippen LogP contribution < -0.4 is 5.73 Å². The van der Waals surface area contributed by atoms with Gasteiger partial charge in [0.05, 0.1) is 5.69 Å². The molecule has 16 heavy (non-hydrogen) atoms. The van der Waals surface area contributed by atoms with Gasteiger partial charge in [-0.1, -0.05) is 23.3 Å². The molecule has 1 saturated carbocycles. The Balaban J connectivity index is 2.27. The van der Waals surface area contributed by atoms with Gasteiger partial charge in [-0.05, 0) is 32.6 Å². The highest BCUT2D eigenvalue weighted by Gasteiger charge is 2.15. The van der Waals surface area contributed by atoms with Gasteiger partial charge in [-0.2, -0.15) is 5.10 Å². The van der Waals surface area contributed by atoms with Crippen LogP contribution >= 0.6 is 11.6 Å². The van der Waals surface area contributed by atoms with E-state index in [1.807, 2.05) is 14.0 Å². The highest BCUT2D eigenvalue weighted by molar-refractivity contribution is 6.31. The molecule has 1 fully saturated rings. The van der Waals surface area contributed by atoms with E-state index in [9.17, 15) is 0 Å². The maximum atomic E-state index is 6.19. The predicted molar refractivity (Wildman–Crippen MR) is 67.4 cm³/mol. The lowest BCUT2D eigenvalue weighted by Crippen LogP contribution is -2.23. The third kappa shape index (κ3) is 2.30. The molecule has 1 aromatic rings. The van der Waals surface area contributed by atoms with Gasteiger partial charge in [0.2, 0.25) is 0 Å².